The Morgan fingerprint density at radius 3 is 2.70 bits per heavy atom. The monoisotopic (exact) mass is 436 g/mol. The fourth-order valence-electron chi connectivity index (χ4n) is 3.63. The molecule has 140 valence electrons. The minimum absolute atomic E-state index is 0.0589. The van der Waals surface area contributed by atoms with Gasteiger partial charge in [-0.25, -0.2) is 0 Å². The normalized spacial score (nSPS) is 14.4. The SMILES string of the molecule is O=c1ccn(CN2CCCc3cc(C(F)(F)F)ccc32)c2c(Br)cccc12. The molecule has 27 heavy (non-hydrogen) atoms. The Hall–Kier alpha value is -2.28. The van der Waals surface area contributed by atoms with Crippen LogP contribution < -0.4 is 10.3 Å². The molecule has 2 aromatic carbocycles. The van der Waals surface area contributed by atoms with Gasteiger partial charge < -0.3 is 9.47 Å². The fraction of sp³-hybridized carbons (Fsp3) is 0.250. The first-order valence-electron chi connectivity index (χ1n) is 8.57. The van der Waals surface area contributed by atoms with Crippen LogP contribution in [0.5, 0.6) is 0 Å². The lowest BCUT2D eigenvalue weighted by molar-refractivity contribution is -0.137. The van der Waals surface area contributed by atoms with Crippen LogP contribution in [-0.2, 0) is 19.3 Å². The summed E-state index contributed by atoms with van der Waals surface area (Å²) in [6.45, 7) is 1.20. The topological polar surface area (TPSA) is 25.2 Å². The zero-order valence-electron chi connectivity index (χ0n) is 14.3. The first-order chi connectivity index (χ1) is 12.8. The van der Waals surface area contributed by atoms with Crippen LogP contribution in [0.25, 0.3) is 10.9 Å². The summed E-state index contributed by atoms with van der Waals surface area (Å²) in [6, 6.07) is 10.9. The molecule has 0 fully saturated rings. The number of hydrogen-bond donors (Lipinski definition) is 0. The molecular formula is C20H16BrF3N2O. The van der Waals surface area contributed by atoms with Gasteiger partial charge in [-0.1, -0.05) is 6.07 Å². The van der Waals surface area contributed by atoms with Crippen LogP contribution in [0, 0.1) is 0 Å². The number of fused-ring (bicyclic) bond motifs is 2. The van der Waals surface area contributed by atoms with E-state index in [2.05, 4.69) is 20.8 Å². The average molecular weight is 437 g/mol. The molecule has 0 radical (unpaired) electrons. The van der Waals surface area contributed by atoms with Gasteiger partial charge in [0.15, 0.2) is 5.43 Å². The molecule has 2 heterocycles. The van der Waals surface area contributed by atoms with E-state index in [1.54, 1.807) is 18.3 Å². The van der Waals surface area contributed by atoms with Crippen molar-refractivity contribution in [2.75, 3.05) is 11.4 Å². The predicted molar refractivity (Wildman–Crippen MR) is 103 cm³/mol. The standard InChI is InChI=1S/C20H16BrF3N2O/c21-16-5-1-4-15-18(27)8-10-26(19(15)16)12-25-9-2-3-13-11-14(20(22,23)24)6-7-17(13)25/h1,4-8,10-11H,2-3,9,12H2. The van der Waals surface area contributed by atoms with Crippen molar-refractivity contribution >= 4 is 32.5 Å². The Kier molecular flexibility index (Phi) is 4.50. The number of rotatable bonds is 2. The lowest BCUT2D eigenvalue weighted by Gasteiger charge is -2.33. The zero-order valence-corrected chi connectivity index (χ0v) is 15.8. The van der Waals surface area contributed by atoms with Gasteiger partial charge in [0, 0.05) is 34.4 Å². The number of hydrogen-bond acceptors (Lipinski definition) is 2. The summed E-state index contributed by atoms with van der Waals surface area (Å²) in [5.74, 6) is 0. The van der Waals surface area contributed by atoms with Crippen molar-refractivity contribution in [2.45, 2.75) is 25.7 Å². The number of aromatic nitrogens is 1. The summed E-state index contributed by atoms with van der Waals surface area (Å²) in [5.41, 5.74) is 1.63. The molecule has 4 rings (SSSR count). The van der Waals surface area contributed by atoms with Gasteiger partial charge in [-0.15, -0.1) is 0 Å². The smallest absolute Gasteiger partial charge is 0.353 e. The molecule has 3 aromatic rings. The molecule has 0 N–H and O–H groups in total. The first kappa shape index (κ1) is 18.1. The van der Waals surface area contributed by atoms with E-state index in [1.807, 2.05) is 16.7 Å². The van der Waals surface area contributed by atoms with Crippen LogP contribution >= 0.6 is 15.9 Å². The van der Waals surface area contributed by atoms with Crippen LogP contribution in [0.4, 0.5) is 18.9 Å². The maximum Gasteiger partial charge on any atom is 0.416 e. The van der Waals surface area contributed by atoms with Crippen molar-refractivity contribution < 1.29 is 13.2 Å². The van der Waals surface area contributed by atoms with Gasteiger partial charge in [0.05, 0.1) is 17.7 Å². The van der Waals surface area contributed by atoms with Gasteiger partial charge in [0.1, 0.15) is 0 Å². The number of nitrogens with zero attached hydrogens (tertiary/aromatic N) is 2. The van der Waals surface area contributed by atoms with Crippen LogP contribution in [-0.4, -0.2) is 11.1 Å². The van der Waals surface area contributed by atoms with Crippen molar-refractivity contribution in [1.29, 1.82) is 0 Å². The number of benzene rings is 2. The summed E-state index contributed by atoms with van der Waals surface area (Å²) in [4.78, 5) is 14.2. The summed E-state index contributed by atoms with van der Waals surface area (Å²) >= 11 is 3.51. The predicted octanol–water partition coefficient (Wildman–Crippen LogP) is 5.19. The van der Waals surface area contributed by atoms with Crippen LogP contribution in [0.2, 0.25) is 0 Å². The quantitative estimate of drug-likeness (QED) is 0.551. The summed E-state index contributed by atoms with van der Waals surface area (Å²) < 4.78 is 41.8. The highest BCUT2D eigenvalue weighted by Gasteiger charge is 2.32. The number of pyridine rings is 1. The Morgan fingerprint density at radius 1 is 1.11 bits per heavy atom. The van der Waals surface area contributed by atoms with Gasteiger partial charge in [-0.2, -0.15) is 13.2 Å². The summed E-state index contributed by atoms with van der Waals surface area (Å²) in [7, 11) is 0. The second-order valence-electron chi connectivity index (χ2n) is 6.64. The number of para-hydroxylation sites is 1. The Labute approximate surface area is 162 Å². The Bertz CT molecular complexity index is 1070. The van der Waals surface area contributed by atoms with E-state index in [0.717, 1.165) is 34.7 Å². The van der Waals surface area contributed by atoms with Crippen LogP contribution in [0.3, 0.4) is 0 Å². The number of anilines is 1. The molecule has 0 aliphatic carbocycles. The molecule has 0 bridgehead atoms. The fourth-order valence-corrected chi connectivity index (χ4v) is 4.22. The second-order valence-corrected chi connectivity index (χ2v) is 7.49. The summed E-state index contributed by atoms with van der Waals surface area (Å²) in [5, 5.41) is 0.608. The zero-order chi connectivity index (χ0) is 19.2. The first-order valence-corrected chi connectivity index (χ1v) is 9.36. The molecule has 0 atom stereocenters. The van der Waals surface area contributed by atoms with Gasteiger partial charge in [-0.3, -0.25) is 4.79 Å². The lowest BCUT2D eigenvalue weighted by Crippen LogP contribution is -2.32. The van der Waals surface area contributed by atoms with E-state index in [0.29, 0.717) is 24.0 Å². The Morgan fingerprint density at radius 2 is 1.93 bits per heavy atom. The number of aryl methyl sites for hydroxylation is 1. The van der Waals surface area contributed by atoms with Crippen molar-refractivity contribution in [2.24, 2.45) is 0 Å². The molecule has 7 heteroatoms. The molecule has 0 unspecified atom stereocenters. The summed E-state index contributed by atoms with van der Waals surface area (Å²) in [6.07, 6.45) is -1.19. The number of alkyl halides is 3. The molecule has 0 saturated carbocycles. The molecule has 3 nitrogen and oxygen atoms in total. The van der Waals surface area contributed by atoms with Crippen molar-refractivity contribution in [1.82, 2.24) is 4.57 Å². The minimum Gasteiger partial charge on any atom is -0.353 e. The largest absolute Gasteiger partial charge is 0.416 e. The number of halogens is 4. The van der Waals surface area contributed by atoms with Crippen LogP contribution in [0.15, 0.2) is 57.9 Å². The van der Waals surface area contributed by atoms with E-state index in [9.17, 15) is 18.0 Å². The van der Waals surface area contributed by atoms with E-state index in [-0.39, 0.29) is 5.43 Å². The van der Waals surface area contributed by atoms with Crippen molar-refractivity contribution in [3.8, 4) is 0 Å². The van der Waals surface area contributed by atoms with Gasteiger partial charge in [0.25, 0.3) is 0 Å². The van der Waals surface area contributed by atoms with Crippen molar-refractivity contribution in [3.05, 3.63) is 74.5 Å². The highest BCUT2D eigenvalue weighted by atomic mass is 79.9. The van der Waals surface area contributed by atoms with E-state index >= 15 is 0 Å². The maximum atomic E-state index is 13.0. The molecular weight excluding hydrogens is 421 g/mol. The highest BCUT2D eigenvalue weighted by Crippen LogP contribution is 2.35. The highest BCUT2D eigenvalue weighted by molar-refractivity contribution is 9.10. The molecule has 0 saturated heterocycles. The van der Waals surface area contributed by atoms with Gasteiger partial charge in [0.2, 0.25) is 0 Å². The second kappa shape index (κ2) is 6.71. The average Bonchev–Trinajstić information content (AvgIpc) is 2.63. The minimum atomic E-state index is -4.34. The van der Waals surface area contributed by atoms with Crippen molar-refractivity contribution in [3.63, 3.8) is 0 Å². The van der Waals surface area contributed by atoms with E-state index in [4.69, 9.17) is 0 Å². The van der Waals surface area contributed by atoms with Gasteiger partial charge in [-0.05, 0) is 64.7 Å². The lowest BCUT2D eigenvalue weighted by atomic mass is 9.99. The Balaban J connectivity index is 1.75. The van der Waals surface area contributed by atoms with Crippen LogP contribution in [0.1, 0.15) is 17.5 Å². The molecule has 0 amide bonds. The third-order valence-corrected chi connectivity index (χ3v) is 5.53. The third kappa shape index (κ3) is 3.36. The maximum absolute atomic E-state index is 13.0. The van der Waals surface area contributed by atoms with E-state index < -0.39 is 11.7 Å². The van der Waals surface area contributed by atoms with E-state index in [1.165, 1.54) is 12.1 Å². The molecule has 0 spiro atoms. The molecule has 1 aliphatic heterocycles. The molecule has 1 aliphatic rings. The third-order valence-electron chi connectivity index (χ3n) is 4.89. The van der Waals surface area contributed by atoms with Gasteiger partial charge >= 0.3 is 6.18 Å². The molecule has 1 aromatic heterocycles.